The van der Waals surface area contributed by atoms with Gasteiger partial charge in [0, 0.05) is 18.2 Å². The van der Waals surface area contributed by atoms with E-state index < -0.39 is 0 Å². The van der Waals surface area contributed by atoms with Gasteiger partial charge in [0.1, 0.15) is 5.76 Å². The third-order valence-corrected chi connectivity index (χ3v) is 4.24. The minimum atomic E-state index is 0.680. The number of furan rings is 1. The van der Waals surface area contributed by atoms with Crippen LogP contribution in [0.1, 0.15) is 57.8 Å². The lowest BCUT2D eigenvalue weighted by Gasteiger charge is -2.26. The van der Waals surface area contributed by atoms with Crippen LogP contribution in [0.25, 0.3) is 0 Å². The normalized spacial score (nSPS) is 21.3. The van der Waals surface area contributed by atoms with Gasteiger partial charge in [0.15, 0.2) is 0 Å². The molecule has 0 amide bonds. The van der Waals surface area contributed by atoms with Crippen LogP contribution >= 0.6 is 0 Å². The lowest BCUT2D eigenvalue weighted by atomic mass is 10.1. The zero-order valence-electron chi connectivity index (χ0n) is 13.3. The van der Waals surface area contributed by atoms with E-state index in [0.29, 0.717) is 12.0 Å². The molecule has 0 radical (unpaired) electrons. The highest BCUT2D eigenvalue weighted by molar-refractivity contribution is 5.17. The second-order valence-corrected chi connectivity index (χ2v) is 6.56. The molecule has 3 nitrogen and oxygen atoms in total. The second kappa shape index (κ2) is 7.84. The van der Waals surface area contributed by atoms with Gasteiger partial charge in [0.2, 0.25) is 0 Å². The Morgan fingerprint density at radius 2 is 2.20 bits per heavy atom. The van der Waals surface area contributed by atoms with Gasteiger partial charge in [-0.3, -0.25) is 4.90 Å². The highest BCUT2D eigenvalue weighted by Gasteiger charge is 2.19. The SMILES string of the molecule is CC(C)CNCc1ccoc1CN1CCCCCC1C. The Kier molecular flexibility index (Phi) is 6.11. The van der Waals surface area contributed by atoms with Gasteiger partial charge in [-0.1, -0.05) is 26.7 Å². The molecule has 0 spiro atoms. The molecule has 1 aliphatic heterocycles. The summed E-state index contributed by atoms with van der Waals surface area (Å²) < 4.78 is 5.73. The van der Waals surface area contributed by atoms with Crippen LogP contribution in [0.2, 0.25) is 0 Å². The Bertz CT molecular complexity index is 386. The molecule has 0 aliphatic carbocycles. The zero-order valence-corrected chi connectivity index (χ0v) is 13.3. The molecule has 20 heavy (non-hydrogen) atoms. The molecular formula is C17H30N2O. The van der Waals surface area contributed by atoms with E-state index in [9.17, 15) is 0 Å². The number of likely N-dealkylation sites (tertiary alicyclic amines) is 1. The fraction of sp³-hybridized carbons (Fsp3) is 0.765. The summed E-state index contributed by atoms with van der Waals surface area (Å²) in [5.74, 6) is 1.84. The molecule has 1 fully saturated rings. The van der Waals surface area contributed by atoms with Crippen molar-refractivity contribution in [3.8, 4) is 0 Å². The van der Waals surface area contributed by atoms with Gasteiger partial charge in [-0.2, -0.15) is 0 Å². The Morgan fingerprint density at radius 3 is 3.00 bits per heavy atom. The Balaban J connectivity index is 1.90. The summed E-state index contributed by atoms with van der Waals surface area (Å²) in [7, 11) is 0. The van der Waals surface area contributed by atoms with Crippen LogP contribution in [0.4, 0.5) is 0 Å². The van der Waals surface area contributed by atoms with E-state index in [4.69, 9.17) is 4.42 Å². The quantitative estimate of drug-likeness (QED) is 0.858. The van der Waals surface area contributed by atoms with Gasteiger partial charge in [-0.05, 0) is 44.8 Å². The third-order valence-electron chi connectivity index (χ3n) is 4.24. The average Bonchev–Trinajstić information content (AvgIpc) is 2.73. The highest BCUT2D eigenvalue weighted by Crippen LogP contribution is 2.21. The predicted molar refractivity (Wildman–Crippen MR) is 83.6 cm³/mol. The molecule has 1 N–H and O–H groups in total. The van der Waals surface area contributed by atoms with Crippen molar-refractivity contribution in [2.24, 2.45) is 5.92 Å². The molecule has 1 aromatic rings. The first-order valence-electron chi connectivity index (χ1n) is 8.17. The Morgan fingerprint density at radius 1 is 1.35 bits per heavy atom. The van der Waals surface area contributed by atoms with Crippen LogP contribution in [0, 0.1) is 5.92 Å². The van der Waals surface area contributed by atoms with E-state index in [1.807, 2.05) is 6.26 Å². The Hall–Kier alpha value is -0.800. The number of nitrogens with one attached hydrogen (secondary N) is 1. The Labute approximate surface area is 123 Å². The van der Waals surface area contributed by atoms with Crippen LogP contribution < -0.4 is 5.32 Å². The highest BCUT2D eigenvalue weighted by atomic mass is 16.3. The topological polar surface area (TPSA) is 28.4 Å². The van der Waals surface area contributed by atoms with E-state index >= 15 is 0 Å². The summed E-state index contributed by atoms with van der Waals surface area (Å²) in [6.45, 7) is 11.0. The monoisotopic (exact) mass is 278 g/mol. The van der Waals surface area contributed by atoms with Crippen LogP contribution in [0.15, 0.2) is 16.7 Å². The van der Waals surface area contributed by atoms with Crippen molar-refractivity contribution >= 4 is 0 Å². The van der Waals surface area contributed by atoms with Gasteiger partial charge in [0.05, 0.1) is 12.8 Å². The molecule has 2 rings (SSSR count). The molecule has 0 aromatic carbocycles. The largest absolute Gasteiger partial charge is 0.468 e. The lowest BCUT2D eigenvalue weighted by Crippen LogP contribution is -2.32. The summed E-state index contributed by atoms with van der Waals surface area (Å²) in [6, 6.07) is 2.80. The van der Waals surface area contributed by atoms with Crippen LogP contribution in [0.5, 0.6) is 0 Å². The number of nitrogens with zero attached hydrogens (tertiary/aromatic N) is 1. The van der Waals surface area contributed by atoms with Crippen molar-refractivity contribution < 1.29 is 4.42 Å². The molecule has 2 heterocycles. The molecule has 0 saturated carbocycles. The zero-order chi connectivity index (χ0) is 14.4. The standard InChI is InChI=1S/C17H30N2O/c1-14(2)11-18-12-16-8-10-20-17(16)13-19-9-6-4-5-7-15(19)3/h8,10,14-15,18H,4-7,9,11-13H2,1-3H3. The molecular weight excluding hydrogens is 248 g/mol. The molecule has 0 bridgehead atoms. The van der Waals surface area contributed by atoms with Gasteiger partial charge in [0.25, 0.3) is 0 Å². The van der Waals surface area contributed by atoms with Gasteiger partial charge in [-0.15, -0.1) is 0 Å². The molecule has 1 saturated heterocycles. The second-order valence-electron chi connectivity index (χ2n) is 6.56. The van der Waals surface area contributed by atoms with Gasteiger partial charge >= 0.3 is 0 Å². The maximum atomic E-state index is 5.73. The molecule has 1 atom stereocenters. The van der Waals surface area contributed by atoms with Crippen molar-refractivity contribution in [1.82, 2.24) is 10.2 Å². The number of hydrogen-bond donors (Lipinski definition) is 1. The summed E-state index contributed by atoms with van der Waals surface area (Å²) >= 11 is 0. The fourth-order valence-corrected chi connectivity index (χ4v) is 2.91. The molecule has 3 heteroatoms. The fourth-order valence-electron chi connectivity index (χ4n) is 2.91. The first-order chi connectivity index (χ1) is 9.66. The molecule has 114 valence electrons. The van der Waals surface area contributed by atoms with E-state index in [0.717, 1.165) is 25.4 Å². The van der Waals surface area contributed by atoms with E-state index in [1.54, 1.807) is 0 Å². The average molecular weight is 278 g/mol. The summed E-state index contributed by atoms with van der Waals surface area (Å²) in [6.07, 6.45) is 7.23. The van der Waals surface area contributed by atoms with Crippen molar-refractivity contribution in [3.63, 3.8) is 0 Å². The maximum absolute atomic E-state index is 5.73. The smallest absolute Gasteiger partial charge is 0.122 e. The summed E-state index contributed by atoms with van der Waals surface area (Å²) in [5, 5.41) is 3.51. The minimum Gasteiger partial charge on any atom is -0.468 e. The summed E-state index contributed by atoms with van der Waals surface area (Å²) in [5.41, 5.74) is 1.32. The van der Waals surface area contributed by atoms with Crippen LogP contribution in [-0.4, -0.2) is 24.0 Å². The molecule has 1 unspecified atom stereocenters. The van der Waals surface area contributed by atoms with Crippen LogP contribution in [0.3, 0.4) is 0 Å². The first kappa shape index (κ1) is 15.6. The third kappa shape index (κ3) is 4.64. The van der Waals surface area contributed by atoms with Gasteiger partial charge in [-0.25, -0.2) is 0 Å². The van der Waals surface area contributed by atoms with Crippen molar-refractivity contribution in [1.29, 1.82) is 0 Å². The predicted octanol–water partition coefficient (Wildman–Crippen LogP) is 3.79. The number of hydrogen-bond acceptors (Lipinski definition) is 3. The van der Waals surface area contributed by atoms with E-state index in [2.05, 4.69) is 37.1 Å². The van der Waals surface area contributed by atoms with Crippen LogP contribution in [-0.2, 0) is 13.1 Å². The minimum absolute atomic E-state index is 0.680. The van der Waals surface area contributed by atoms with Crippen molar-refractivity contribution in [2.75, 3.05) is 13.1 Å². The van der Waals surface area contributed by atoms with E-state index in [-0.39, 0.29) is 0 Å². The first-order valence-corrected chi connectivity index (χ1v) is 8.17. The maximum Gasteiger partial charge on any atom is 0.122 e. The van der Waals surface area contributed by atoms with E-state index in [1.165, 1.54) is 37.8 Å². The lowest BCUT2D eigenvalue weighted by molar-refractivity contribution is 0.188. The van der Waals surface area contributed by atoms with Crippen molar-refractivity contribution in [3.05, 3.63) is 23.7 Å². The van der Waals surface area contributed by atoms with Gasteiger partial charge < -0.3 is 9.73 Å². The summed E-state index contributed by atoms with van der Waals surface area (Å²) in [4.78, 5) is 2.58. The molecule has 1 aromatic heterocycles. The number of rotatable bonds is 6. The molecule has 1 aliphatic rings. The van der Waals surface area contributed by atoms with Crippen molar-refractivity contribution in [2.45, 2.75) is 65.6 Å².